The zero-order valence-corrected chi connectivity index (χ0v) is 10.4. The standard InChI is InChI=1S/C11H10FNO5S/c12-7-1-2-8(9(5-7)18-6-14)13-10(15)11(3-4-11)19(16)17/h1-2,5-6H,3-4H2,(H,13,15)(H,16,17). The minimum absolute atomic E-state index is 0.0650. The number of carbonyl (C=O) groups is 2. The third-order valence-corrected chi connectivity index (χ3v) is 4.08. The van der Waals surface area contributed by atoms with E-state index in [1.54, 1.807) is 0 Å². The average Bonchev–Trinajstić information content (AvgIpc) is 3.14. The molecule has 2 rings (SSSR count). The third-order valence-electron chi connectivity index (χ3n) is 2.82. The molecule has 1 atom stereocenters. The summed E-state index contributed by atoms with van der Waals surface area (Å²) in [5.74, 6) is -1.46. The van der Waals surface area contributed by atoms with Crippen LogP contribution >= 0.6 is 0 Å². The number of nitrogens with one attached hydrogen (secondary N) is 1. The molecule has 0 bridgehead atoms. The third kappa shape index (κ3) is 2.64. The first-order chi connectivity index (χ1) is 8.99. The number of benzene rings is 1. The van der Waals surface area contributed by atoms with E-state index >= 15 is 0 Å². The molecule has 1 saturated carbocycles. The van der Waals surface area contributed by atoms with Gasteiger partial charge in [0.1, 0.15) is 5.82 Å². The zero-order chi connectivity index (χ0) is 14.0. The highest BCUT2D eigenvalue weighted by Gasteiger charge is 2.56. The summed E-state index contributed by atoms with van der Waals surface area (Å²) in [6, 6.07) is 3.21. The van der Waals surface area contributed by atoms with E-state index in [9.17, 15) is 18.2 Å². The number of amides is 1. The smallest absolute Gasteiger partial charge is 0.298 e. The van der Waals surface area contributed by atoms with Crippen molar-refractivity contribution in [3.05, 3.63) is 24.0 Å². The van der Waals surface area contributed by atoms with Crippen LogP contribution in [0.25, 0.3) is 0 Å². The molecule has 1 aromatic carbocycles. The Hall–Kier alpha value is -1.80. The van der Waals surface area contributed by atoms with Crippen LogP contribution in [0.3, 0.4) is 0 Å². The summed E-state index contributed by atoms with van der Waals surface area (Å²) in [4.78, 5) is 22.2. The van der Waals surface area contributed by atoms with Gasteiger partial charge in [-0.1, -0.05) is 0 Å². The van der Waals surface area contributed by atoms with Crippen LogP contribution in [0, 0.1) is 5.82 Å². The van der Waals surface area contributed by atoms with E-state index in [2.05, 4.69) is 10.1 Å². The molecule has 1 aliphatic rings. The molecule has 0 spiro atoms. The molecule has 1 fully saturated rings. The van der Waals surface area contributed by atoms with E-state index in [4.69, 9.17) is 4.55 Å². The Balaban J connectivity index is 2.22. The maximum Gasteiger partial charge on any atom is 0.298 e. The number of carbonyl (C=O) groups excluding carboxylic acids is 2. The lowest BCUT2D eigenvalue weighted by atomic mass is 10.2. The molecule has 0 radical (unpaired) electrons. The van der Waals surface area contributed by atoms with Gasteiger partial charge in [-0.2, -0.15) is 0 Å². The monoisotopic (exact) mass is 287 g/mol. The maximum atomic E-state index is 13.0. The predicted molar refractivity (Wildman–Crippen MR) is 64.5 cm³/mol. The van der Waals surface area contributed by atoms with Crippen LogP contribution < -0.4 is 10.1 Å². The maximum absolute atomic E-state index is 13.0. The molecule has 2 N–H and O–H groups in total. The molecule has 0 aliphatic heterocycles. The van der Waals surface area contributed by atoms with Crippen LogP contribution in [0.15, 0.2) is 18.2 Å². The van der Waals surface area contributed by atoms with Crippen molar-refractivity contribution in [3.63, 3.8) is 0 Å². The van der Waals surface area contributed by atoms with Gasteiger partial charge in [0.2, 0.25) is 5.91 Å². The van der Waals surface area contributed by atoms with Gasteiger partial charge in [0.05, 0.1) is 5.69 Å². The highest BCUT2D eigenvalue weighted by Crippen LogP contribution is 2.42. The van der Waals surface area contributed by atoms with Gasteiger partial charge in [0.15, 0.2) is 21.6 Å². The number of hydrogen-bond donors (Lipinski definition) is 2. The Morgan fingerprint density at radius 2 is 2.21 bits per heavy atom. The molecule has 0 saturated heterocycles. The minimum Gasteiger partial charge on any atom is -0.426 e. The van der Waals surface area contributed by atoms with E-state index < -0.39 is 27.6 Å². The quantitative estimate of drug-likeness (QED) is 0.624. The summed E-state index contributed by atoms with van der Waals surface area (Å²) in [6.07, 6.45) is 0.597. The first kappa shape index (κ1) is 13.6. The van der Waals surface area contributed by atoms with Gasteiger partial charge < -0.3 is 14.6 Å². The SMILES string of the molecule is O=COc1cc(F)ccc1NC(=O)C1(S(=O)O)CC1. The number of rotatable bonds is 5. The first-order valence-electron chi connectivity index (χ1n) is 5.32. The van der Waals surface area contributed by atoms with E-state index in [0.29, 0.717) is 12.8 Å². The fraction of sp³-hybridized carbons (Fsp3) is 0.273. The molecular formula is C11H10FNO5S. The molecule has 1 unspecified atom stereocenters. The van der Waals surface area contributed by atoms with Crippen LogP contribution in [0.5, 0.6) is 5.75 Å². The van der Waals surface area contributed by atoms with E-state index in [0.717, 1.165) is 12.1 Å². The molecular weight excluding hydrogens is 277 g/mol. The second-order valence-electron chi connectivity index (χ2n) is 4.05. The first-order valence-corrected chi connectivity index (χ1v) is 6.42. The van der Waals surface area contributed by atoms with E-state index in [1.807, 2.05) is 0 Å². The fourth-order valence-electron chi connectivity index (χ4n) is 1.58. The fourth-order valence-corrected chi connectivity index (χ4v) is 2.24. The molecule has 8 heteroatoms. The molecule has 6 nitrogen and oxygen atoms in total. The minimum atomic E-state index is -2.28. The van der Waals surface area contributed by atoms with E-state index in [-0.39, 0.29) is 17.9 Å². The second kappa shape index (κ2) is 5.06. The number of halogens is 1. The molecule has 0 aromatic heterocycles. The summed E-state index contributed by atoms with van der Waals surface area (Å²) in [5, 5.41) is 2.36. The van der Waals surface area contributed by atoms with Gasteiger partial charge in [-0.15, -0.1) is 0 Å². The van der Waals surface area contributed by atoms with Crippen molar-refractivity contribution in [1.29, 1.82) is 0 Å². The second-order valence-corrected chi connectivity index (χ2v) is 5.33. The molecule has 0 heterocycles. The largest absolute Gasteiger partial charge is 0.426 e. The van der Waals surface area contributed by atoms with Crippen molar-refractivity contribution in [2.45, 2.75) is 17.6 Å². The van der Waals surface area contributed by atoms with Crippen LogP contribution in [-0.2, 0) is 20.7 Å². The Bertz CT molecular complexity index is 558. The van der Waals surface area contributed by atoms with Crippen LogP contribution in [0.2, 0.25) is 0 Å². The lowest BCUT2D eigenvalue weighted by Crippen LogP contribution is -2.33. The van der Waals surface area contributed by atoms with Crippen molar-refractivity contribution in [1.82, 2.24) is 0 Å². The summed E-state index contributed by atoms with van der Waals surface area (Å²) in [5.41, 5.74) is 0.0650. The van der Waals surface area contributed by atoms with Gasteiger partial charge >= 0.3 is 0 Å². The van der Waals surface area contributed by atoms with Gasteiger partial charge in [0, 0.05) is 6.07 Å². The van der Waals surface area contributed by atoms with Gasteiger partial charge in [0.25, 0.3) is 6.47 Å². The number of hydrogen-bond acceptors (Lipinski definition) is 4. The Kier molecular flexibility index (Phi) is 3.63. The van der Waals surface area contributed by atoms with Crippen molar-refractivity contribution in [2.75, 3.05) is 5.32 Å². The van der Waals surface area contributed by atoms with Crippen LogP contribution in [-0.4, -0.2) is 25.9 Å². The van der Waals surface area contributed by atoms with Gasteiger partial charge in [-0.05, 0) is 25.0 Å². The summed E-state index contributed by atoms with van der Waals surface area (Å²) >= 11 is -2.28. The van der Waals surface area contributed by atoms with Crippen LogP contribution in [0.1, 0.15) is 12.8 Å². The van der Waals surface area contributed by atoms with Gasteiger partial charge in [-0.25, -0.2) is 8.60 Å². The van der Waals surface area contributed by atoms with Gasteiger partial charge in [-0.3, -0.25) is 9.59 Å². The lowest BCUT2D eigenvalue weighted by Gasteiger charge is -2.13. The molecule has 1 aliphatic carbocycles. The lowest BCUT2D eigenvalue weighted by molar-refractivity contribution is -0.121. The Morgan fingerprint density at radius 1 is 1.53 bits per heavy atom. The molecule has 1 aromatic rings. The van der Waals surface area contributed by atoms with Crippen LogP contribution in [0.4, 0.5) is 10.1 Å². The summed E-state index contributed by atoms with van der Waals surface area (Å²) < 4.78 is 36.4. The summed E-state index contributed by atoms with van der Waals surface area (Å²) in [7, 11) is 0. The average molecular weight is 287 g/mol. The topological polar surface area (TPSA) is 92.7 Å². The molecule has 102 valence electrons. The number of anilines is 1. The number of ether oxygens (including phenoxy) is 1. The Morgan fingerprint density at radius 3 is 2.74 bits per heavy atom. The zero-order valence-electron chi connectivity index (χ0n) is 9.59. The predicted octanol–water partition coefficient (Wildman–Crippen LogP) is 1.05. The van der Waals surface area contributed by atoms with Crippen molar-refractivity contribution >= 4 is 29.1 Å². The Labute approximate surface area is 110 Å². The van der Waals surface area contributed by atoms with Crippen molar-refractivity contribution in [3.8, 4) is 5.75 Å². The van der Waals surface area contributed by atoms with Crippen molar-refractivity contribution in [2.24, 2.45) is 0 Å². The molecule has 19 heavy (non-hydrogen) atoms. The normalized spacial score (nSPS) is 17.4. The van der Waals surface area contributed by atoms with Crippen molar-refractivity contribution < 1.29 is 27.5 Å². The highest BCUT2D eigenvalue weighted by molar-refractivity contribution is 7.82. The molecule has 1 amide bonds. The summed E-state index contributed by atoms with van der Waals surface area (Å²) in [6.45, 7) is 0.0987. The van der Waals surface area contributed by atoms with E-state index in [1.165, 1.54) is 6.07 Å². The highest BCUT2D eigenvalue weighted by atomic mass is 32.2.